The Labute approximate surface area is 161 Å². The van der Waals surface area contributed by atoms with E-state index in [0.717, 1.165) is 6.42 Å². The van der Waals surface area contributed by atoms with E-state index in [-0.39, 0.29) is 0 Å². The van der Waals surface area contributed by atoms with Gasteiger partial charge in [-0.2, -0.15) is 0 Å². The summed E-state index contributed by atoms with van der Waals surface area (Å²) in [4.78, 5) is 0. The Bertz CT molecular complexity index is 144. The summed E-state index contributed by atoms with van der Waals surface area (Å²) in [5, 5.41) is 0. The van der Waals surface area contributed by atoms with Crippen LogP contribution >= 0.6 is 104 Å². The Kier molecular flexibility index (Phi) is 26.0. The molecule has 0 heterocycles. The second-order valence-electron chi connectivity index (χ2n) is 3.27. The highest BCUT2D eigenvalue weighted by atomic mass is 35.6. The van der Waals surface area contributed by atoms with E-state index in [4.69, 9.17) is 104 Å². The third-order valence-electron chi connectivity index (χ3n) is 1.56. The number of unbranched alkanes of at least 4 members (excludes halogenated alkanes) is 4. The molecule has 0 nitrogen and oxygen atoms in total. The van der Waals surface area contributed by atoms with Crippen LogP contribution in [0.1, 0.15) is 45.4 Å². The third-order valence-corrected chi connectivity index (χ3v) is 2.13. The fraction of sp³-hybridized carbons (Fsp3) is 1.00. The third kappa shape index (κ3) is 63.4. The SMILES string of the molecule is CCCCCCCC(Cl)(Cl)Cl.ClC(Cl)Cl.ClC(Cl)Cl. The van der Waals surface area contributed by atoms with Crippen molar-refractivity contribution < 1.29 is 0 Å². The summed E-state index contributed by atoms with van der Waals surface area (Å²) in [6, 6.07) is 0. The molecule has 0 fully saturated rings. The van der Waals surface area contributed by atoms with Crippen molar-refractivity contribution in [3.63, 3.8) is 0 Å². The van der Waals surface area contributed by atoms with Gasteiger partial charge in [-0.1, -0.05) is 137 Å². The van der Waals surface area contributed by atoms with Crippen LogP contribution in [0.15, 0.2) is 0 Å². The molecule has 0 unspecified atom stereocenters. The maximum absolute atomic E-state index is 5.58. The zero-order valence-electron chi connectivity index (χ0n) is 10.3. The molecule has 0 aliphatic heterocycles. The van der Waals surface area contributed by atoms with Gasteiger partial charge < -0.3 is 0 Å². The molecule has 0 amide bonds. The van der Waals surface area contributed by atoms with Crippen LogP contribution in [0, 0.1) is 0 Å². The zero-order valence-corrected chi connectivity index (χ0v) is 17.1. The number of halogens is 9. The maximum Gasteiger partial charge on any atom is 0.190 e. The summed E-state index contributed by atoms with van der Waals surface area (Å²) in [5.74, 6) is 0. The van der Waals surface area contributed by atoms with E-state index in [1.807, 2.05) is 0 Å². The van der Waals surface area contributed by atoms with Gasteiger partial charge in [0.15, 0.2) is 12.4 Å². The molecular formula is C10H17Cl9. The minimum Gasteiger partial charge on any atom is -0.0874 e. The van der Waals surface area contributed by atoms with Gasteiger partial charge in [-0.15, -0.1) is 0 Å². The van der Waals surface area contributed by atoms with Gasteiger partial charge in [0.2, 0.25) is 0 Å². The average Bonchev–Trinajstić information content (AvgIpc) is 2.13. The van der Waals surface area contributed by atoms with Crippen molar-refractivity contribution in [1.82, 2.24) is 0 Å². The van der Waals surface area contributed by atoms with Crippen LogP contribution in [0.4, 0.5) is 0 Å². The first-order chi connectivity index (χ1) is 8.52. The standard InChI is InChI=1S/C8H15Cl3.2CHCl3/c1-2-3-4-5-6-7-8(9,10)11;2*2-1(3)4/h2-7H2,1H3;2*1H. The number of rotatable bonds is 5. The lowest BCUT2D eigenvalue weighted by atomic mass is 10.1. The summed E-state index contributed by atoms with van der Waals surface area (Å²) in [5.41, 5.74) is 0. The van der Waals surface area contributed by atoms with Gasteiger partial charge in [-0.25, -0.2) is 0 Å². The summed E-state index contributed by atoms with van der Waals surface area (Å²) >= 11 is 45.6. The van der Waals surface area contributed by atoms with Crippen molar-refractivity contribution in [2.24, 2.45) is 0 Å². The molecule has 19 heavy (non-hydrogen) atoms. The maximum atomic E-state index is 5.58. The Balaban J connectivity index is -0.000000264. The van der Waals surface area contributed by atoms with E-state index in [1.165, 1.54) is 25.7 Å². The molecular weight excluding hydrogens is 439 g/mol. The van der Waals surface area contributed by atoms with Crippen LogP contribution in [-0.4, -0.2) is 12.4 Å². The average molecular weight is 456 g/mol. The molecule has 0 atom stereocenters. The monoisotopic (exact) mass is 452 g/mol. The van der Waals surface area contributed by atoms with E-state index in [9.17, 15) is 0 Å². The summed E-state index contributed by atoms with van der Waals surface area (Å²) in [6.07, 6.45) is 6.70. The quantitative estimate of drug-likeness (QED) is 0.287. The van der Waals surface area contributed by atoms with Gasteiger partial charge in [0, 0.05) is 0 Å². The van der Waals surface area contributed by atoms with E-state index in [0.29, 0.717) is 6.42 Å². The Morgan fingerprint density at radius 1 is 0.684 bits per heavy atom. The molecule has 0 spiro atoms. The van der Waals surface area contributed by atoms with E-state index >= 15 is 0 Å². The Morgan fingerprint density at radius 3 is 1.26 bits per heavy atom. The van der Waals surface area contributed by atoms with Crippen molar-refractivity contribution >= 4 is 104 Å². The minimum absolute atomic E-state index is 0.682. The van der Waals surface area contributed by atoms with Crippen LogP contribution in [0.2, 0.25) is 0 Å². The molecule has 0 aromatic rings. The molecule has 9 heteroatoms. The molecule has 0 saturated carbocycles. The predicted octanol–water partition coefficient (Wildman–Crippen LogP) is 8.69. The van der Waals surface area contributed by atoms with Crippen molar-refractivity contribution in [3.05, 3.63) is 0 Å². The van der Waals surface area contributed by atoms with Gasteiger partial charge in [-0.05, 0) is 12.8 Å². The number of hydrogen-bond donors (Lipinski definition) is 0. The van der Waals surface area contributed by atoms with Gasteiger partial charge >= 0.3 is 0 Å². The highest BCUT2D eigenvalue weighted by Gasteiger charge is 2.17. The lowest BCUT2D eigenvalue weighted by molar-refractivity contribution is 0.612. The topological polar surface area (TPSA) is 0 Å². The van der Waals surface area contributed by atoms with Crippen LogP contribution in [0.3, 0.4) is 0 Å². The first-order valence-corrected chi connectivity index (χ1v) is 9.19. The largest absolute Gasteiger partial charge is 0.190 e. The highest BCUT2D eigenvalue weighted by Crippen LogP contribution is 2.32. The molecule has 0 saturated heterocycles. The lowest BCUT2D eigenvalue weighted by Crippen LogP contribution is -2.00. The van der Waals surface area contributed by atoms with Crippen LogP contribution in [0.25, 0.3) is 0 Å². The smallest absolute Gasteiger partial charge is 0.0874 e. The molecule has 0 aromatic carbocycles. The summed E-state index contributed by atoms with van der Waals surface area (Å²) < 4.78 is -2.54. The first kappa shape index (κ1) is 26.5. The van der Waals surface area contributed by atoms with E-state index in [2.05, 4.69) is 6.92 Å². The Hall–Kier alpha value is 2.61. The normalized spacial score (nSPS) is 10.7. The molecule has 0 aliphatic rings. The zero-order chi connectivity index (χ0) is 15.9. The van der Waals surface area contributed by atoms with E-state index in [1.54, 1.807) is 0 Å². The molecule has 0 aliphatic carbocycles. The first-order valence-electron chi connectivity index (χ1n) is 5.44. The molecule has 0 bridgehead atoms. The second kappa shape index (κ2) is 18.7. The number of alkyl halides is 9. The van der Waals surface area contributed by atoms with E-state index < -0.39 is 12.4 Å². The van der Waals surface area contributed by atoms with Crippen molar-refractivity contribution in [3.8, 4) is 0 Å². The van der Waals surface area contributed by atoms with Crippen molar-refractivity contribution in [2.45, 2.75) is 57.8 Å². The van der Waals surface area contributed by atoms with Crippen LogP contribution < -0.4 is 0 Å². The van der Waals surface area contributed by atoms with Crippen LogP contribution in [-0.2, 0) is 0 Å². The second-order valence-corrected chi connectivity index (χ2v) is 9.75. The van der Waals surface area contributed by atoms with Crippen molar-refractivity contribution in [1.29, 1.82) is 0 Å². The summed E-state index contributed by atoms with van der Waals surface area (Å²) in [6.45, 7) is 2.19. The highest BCUT2D eigenvalue weighted by molar-refractivity contribution is 6.67. The van der Waals surface area contributed by atoms with Gasteiger partial charge in [0.05, 0.1) is 0 Å². The molecule has 120 valence electrons. The summed E-state index contributed by atoms with van der Waals surface area (Å²) in [7, 11) is 0. The Morgan fingerprint density at radius 2 is 1.00 bits per heavy atom. The molecule has 0 aromatic heterocycles. The fourth-order valence-corrected chi connectivity index (χ4v) is 1.33. The minimum atomic E-state index is -1.04. The molecule has 0 rings (SSSR count). The number of hydrogen-bond acceptors (Lipinski definition) is 0. The lowest BCUT2D eigenvalue weighted by Gasteiger charge is -2.09. The van der Waals surface area contributed by atoms with Crippen LogP contribution in [0.5, 0.6) is 0 Å². The molecule has 0 radical (unpaired) electrons. The van der Waals surface area contributed by atoms with Crippen molar-refractivity contribution in [2.75, 3.05) is 0 Å². The van der Waals surface area contributed by atoms with Gasteiger partial charge in [0.25, 0.3) is 0 Å². The van der Waals surface area contributed by atoms with Gasteiger partial charge in [0.1, 0.15) is 0 Å². The van der Waals surface area contributed by atoms with Gasteiger partial charge in [-0.3, -0.25) is 0 Å². The fourth-order valence-electron chi connectivity index (χ4n) is 0.929. The molecule has 0 N–H and O–H groups in total. The predicted molar refractivity (Wildman–Crippen MR) is 96.4 cm³/mol.